The maximum absolute atomic E-state index is 12.5. The van der Waals surface area contributed by atoms with Crippen LogP contribution in [-0.4, -0.2) is 76.3 Å². The summed E-state index contributed by atoms with van der Waals surface area (Å²) in [6.07, 6.45) is 0. The largest absolute Gasteiger partial charge is 0.368 e. The van der Waals surface area contributed by atoms with Crippen LogP contribution in [0.25, 0.3) is 0 Å². The summed E-state index contributed by atoms with van der Waals surface area (Å²) in [6.45, 7) is 2.36. The molecule has 2 amide bonds. The van der Waals surface area contributed by atoms with Gasteiger partial charge in [0.15, 0.2) is 0 Å². The molecule has 0 radical (unpaired) electrons. The third kappa shape index (κ3) is 5.55. The molecule has 0 saturated carbocycles. The van der Waals surface area contributed by atoms with Crippen molar-refractivity contribution < 1.29 is 18.0 Å². The Bertz CT molecular complexity index is 1050. The number of nitrogens with zero attached hydrogens (tertiary/aromatic N) is 3. The Morgan fingerprint density at radius 1 is 1.03 bits per heavy atom. The van der Waals surface area contributed by atoms with Gasteiger partial charge in [-0.1, -0.05) is 17.7 Å². The molecule has 8 nitrogen and oxygen atoms in total. The molecule has 0 unspecified atom stereocenters. The first-order valence-electron chi connectivity index (χ1n) is 9.77. The van der Waals surface area contributed by atoms with Crippen LogP contribution in [0.3, 0.4) is 0 Å². The fraction of sp³-hybridized carbons (Fsp3) is 0.333. The molecule has 10 heteroatoms. The standard InChI is InChI=1S/C21H25ClN4O4S/c1-24(2)31(29,30)19-8-6-16(7-9-19)21(28)23-15-20(27)26-12-10-25(11-13-26)18-5-3-4-17(22)14-18/h3-9,14H,10-13,15H2,1-2H3,(H,23,28). The molecule has 2 aromatic rings. The van der Waals surface area contributed by atoms with Crippen molar-refractivity contribution in [2.24, 2.45) is 0 Å². The second-order valence-electron chi connectivity index (χ2n) is 7.34. The molecule has 166 valence electrons. The Labute approximate surface area is 187 Å². The first kappa shape index (κ1) is 23.1. The van der Waals surface area contributed by atoms with E-state index in [4.69, 9.17) is 11.6 Å². The van der Waals surface area contributed by atoms with Crippen LogP contribution < -0.4 is 10.2 Å². The Balaban J connectivity index is 1.50. The van der Waals surface area contributed by atoms with Crippen molar-refractivity contribution in [1.29, 1.82) is 0 Å². The van der Waals surface area contributed by atoms with Crippen molar-refractivity contribution in [3.8, 4) is 0 Å². The van der Waals surface area contributed by atoms with Crippen molar-refractivity contribution in [3.63, 3.8) is 0 Å². The average Bonchev–Trinajstić information content (AvgIpc) is 2.77. The predicted molar refractivity (Wildman–Crippen MR) is 120 cm³/mol. The highest BCUT2D eigenvalue weighted by atomic mass is 35.5. The fourth-order valence-corrected chi connectivity index (χ4v) is 4.33. The zero-order valence-corrected chi connectivity index (χ0v) is 19.0. The Hall–Kier alpha value is -2.62. The van der Waals surface area contributed by atoms with Gasteiger partial charge in [-0.05, 0) is 42.5 Å². The Kier molecular flexibility index (Phi) is 7.19. The first-order valence-corrected chi connectivity index (χ1v) is 11.6. The Morgan fingerprint density at radius 3 is 2.26 bits per heavy atom. The van der Waals surface area contributed by atoms with Crippen LogP contribution in [0.2, 0.25) is 5.02 Å². The van der Waals surface area contributed by atoms with E-state index in [9.17, 15) is 18.0 Å². The van der Waals surface area contributed by atoms with Crippen molar-refractivity contribution in [3.05, 3.63) is 59.1 Å². The summed E-state index contributed by atoms with van der Waals surface area (Å²) in [5.41, 5.74) is 1.31. The van der Waals surface area contributed by atoms with E-state index >= 15 is 0 Å². The number of halogens is 1. The molecular weight excluding hydrogens is 440 g/mol. The average molecular weight is 465 g/mol. The first-order chi connectivity index (χ1) is 14.7. The molecule has 1 heterocycles. The lowest BCUT2D eigenvalue weighted by molar-refractivity contribution is -0.130. The smallest absolute Gasteiger partial charge is 0.251 e. The van der Waals surface area contributed by atoms with E-state index in [1.807, 2.05) is 24.3 Å². The van der Waals surface area contributed by atoms with Crippen LogP contribution in [0.1, 0.15) is 10.4 Å². The molecule has 0 spiro atoms. The minimum atomic E-state index is -3.56. The number of rotatable bonds is 6. The summed E-state index contributed by atoms with van der Waals surface area (Å²) in [5.74, 6) is -0.592. The minimum absolute atomic E-state index is 0.0997. The molecule has 1 fully saturated rings. The quantitative estimate of drug-likeness (QED) is 0.702. The third-order valence-corrected chi connectivity index (χ3v) is 7.17. The van der Waals surface area contributed by atoms with Gasteiger partial charge in [0.2, 0.25) is 15.9 Å². The summed E-state index contributed by atoms with van der Waals surface area (Å²) >= 11 is 6.05. The number of carbonyl (C=O) groups excluding carboxylic acids is 2. The minimum Gasteiger partial charge on any atom is -0.368 e. The molecule has 0 aromatic heterocycles. The monoisotopic (exact) mass is 464 g/mol. The number of carbonyl (C=O) groups is 2. The van der Waals surface area contributed by atoms with Crippen LogP contribution in [0.5, 0.6) is 0 Å². The maximum Gasteiger partial charge on any atom is 0.251 e. The van der Waals surface area contributed by atoms with Crippen LogP contribution in [0.15, 0.2) is 53.4 Å². The number of nitrogens with one attached hydrogen (secondary N) is 1. The SMILES string of the molecule is CN(C)S(=O)(=O)c1ccc(C(=O)NCC(=O)N2CCN(c3cccc(Cl)c3)CC2)cc1. The fourth-order valence-electron chi connectivity index (χ4n) is 3.25. The lowest BCUT2D eigenvalue weighted by Gasteiger charge is -2.36. The second-order valence-corrected chi connectivity index (χ2v) is 9.93. The van der Waals surface area contributed by atoms with Crippen LogP contribution >= 0.6 is 11.6 Å². The summed E-state index contributed by atoms with van der Waals surface area (Å²) in [7, 11) is -0.675. The normalized spacial score (nSPS) is 14.6. The molecule has 0 bridgehead atoms. The highest BCUT2D eigenvalue weighted by Crippen LogP contribution is 2.20. The van der Waals surface area contributed by atoms with Crippen molar-refractivity contribution in [2.75, 3.05) is 51.7 Å². The van der Waals surface area contributed by atoms with E-state index in [1.165, 1.54) is 38.4 Å². The summed E-state index contributed by atoms with van der Waals surface area (Å²) in [5, 5.41) is 3.28. The van der Waals surface area contributed by atoms with Crippen molar-refractivity contribution in [1.82, 2.24) is 14.5 Å². The molecule has 2 aromatic carbocycles. The third-order valence-electron chi connectivity index (χ3n) is 5.10. The van der Waals surface area contributed by atoms with Gasteiger partial charge < -0.3 is 15.1 Å². The van der Waals surface area contributed by atoms with Gasteiger partial charge in [0.1, 0.15) is 0 Å². The lowest BCUT2D eigenvalue weighted by Crippen LogP contribution is -2.51. The number of benzene rings is 2. The van der Waals surface area contributed by atoms with E-state index in [1.54, 1.807) is 4.90 Å². The number of amides is 2. The van der Waals surface area contributed by atoms with Gasteiger partial charge in [-0.25, -0.2) is 12.7 Å². The predicted octanol–water partition coefficient (Wildman–Crippen LogP) is 1.67. The summed E-state index contributed by atoms with van der Waals surface area (Å²) in [4.78, 5) is 28.8. The van der Waals surface area contributed by atoms with Crippen LogP contribution in [0, 0.1) is 0 Å². The highest BCUT2D eigenvalue weighted by Gasteiger charge is 2.22. The molecule has 1 aliphatic rings. The highest BCUT2D eigenvalue weighted by molar-refractivity contribution is 7.89. The Morgan fingerprint density at radius 2 is 1.68 bits per heavy atom. The van der Waals surface area contributed by atoms with E-state index in [0.29, 0.717) is 31.2 Å². The van der Waals surface area contributed by atoms with Gasteiger partial charge in [-0.3, -0.25) is 9.59 Å². The summed E-state index contributed by atoms with van der Waals surface area (Å²) < 4.78 is 25.3. The van der Waals surface area contributed by atoms with E-state index < -0.39 is 15.9 Å². The molecule has 1 aliphatic heterocycles. The number of anilines is 1. The number of hydrogen-bond acceptors (Lipinski definition) is 5. The van der Waals surface area contributed by atoms with Crippen LogP contribution in [-0.2, 0) is 14.8 Å². The maximum atomic E-state index is 12.5. The molecule has 3 rings (SSSR count). The zero-order valence-electron chi connectivity index (χ0n) is 17.4. The summed E-state index contributed by atoms with van der Waals surface area (Å²) in [6, 6.07) is 13.2. The van der Waals surface area contributed by atoms with Gasteiger partial charge in [-0.2, -0.15) is 0 Å². The molecular formula is C21H25ClN4O4S. The molecule has 31 heavy (non-hydrogen) atoms. The van der Waals surface area contributed by atoms with Crippen molar-refractivity contribution >= 4 is 39.1 Å². The van der Waals surface area contributed by atoms with Crippen molar-refractivity contribution in [2.45, 2.75) is 4.90 Å². The second kappa shape index (κ2) is 9.67. The van der Waals surface area contributed by atoms with Crippen LogP contribution in [0.4, 0.5) is 5.69 Å². The van der Waals surface area contributed by atoms with E-state index in [-0.39, 0.29) is 22.9 Å². The van der Waals surface area contributed by atoms with E-state index in [2.05, 4.69) is 10.2 Å². The van der Waals surface area contributed by atoms with E-state index in [0.717, 1.165) is 9.99 Å². The number of piperazine rings is 1. The van der Waals surface area contributed by atoms with Gasteiger partial charge in [0.05, 0.1) is 11.4 Å². The number of sulfonamides is 1. The molecule has 1 saturated heterocycles. The van der Waals surface area contributed by atoms with Gasteiger partial charge in [0.25, 0.3) is 5.91 Å². The molecule has 0 aliphatic carbocycles. The van der Waals surface area contributed by atoms with Gasteiger partial charge in [0, 0.05) is 56.5 Å². The molecule has 0 atom stereocenters. The molecule has 1 N–H and O–H groups in total. The topological polar surface area (TPSA) is 90.0 Å². The zero-order chi connectivity index (χ0) is 22.6. The lowest BCUT2D eigenvalue weighted by atomic mass is 10.2. The van der Waals surface area contributed by atoms with Gasteiger partial charge >= 0.3 is 0 Å². The van der Waals surface area contributed by atoms with Gasteiger partial charge in [-0.15, -0.1) is 0 Å². The number of hydrogen-bond donors (Lipinski definition) is 1.